The molecule has 3 heterocycles. The van der Waals surface area contributed by atoms with E-state index in [0.717, 1.165) is 15.4 Å². The number of hydrogen-bond donors (Lipinski definition) is 1. The van der Waals surface area contributed by atoms with Crippen molar-refractivity contribution in [2.75, 3.05) is 13.1 Å². The maximum absolute atomic E-state index is 12.6. The third-order valence-corrected chi connectivity index (χ3v) is 5.27. The van der Waals surface area contributed by atoms with Crippen LogP contribution in [-0.2, 0) is 0 Å². The van der Waals surface area contributed by atoms with Gasteiger partial charge in [-0.3, -0.25) is 9.78 Å². The SMILES string of the molecule is Cc1ccc(C(=O)N2CC[C@H](Oc3cccnc3C)[C@@H](O)CC2)s1. The van der Waals surface area contributed by atoms with Crippen molar-refractivity contribution in [3.05, 3.63) is 45.9 Å². The van der Waals surface area contributed by atoms with Crippen LogP contribution in [0.15, 0.2) is 30.5 Å². The van der Waals surface area contributed by atoms with Crippen molar-refractivity contribution in [2.24, 2.45) is 0 Å². The van der Waals surface area contributed by atoms with Gasteiger partial charge < -0.3 is 14.7 Å². The highest BCUT2D eigenvalue weighted by Crippen LogP contribution is 2.23. The van der Waals surface area contributed by atoms with Gasteiger partial charge in [-0.05, 0) is 44.5 Å². The smallest absolute Gasteiger partial charge is 0.263 e. The first-order chi connectivity index (χ1) is 11.5. The Morgan fingerprint density at radius 2 is 2.08 bits per heavy atom. The average molecular weight is 346 g/mol. The van der Waals surface area contributed by atoms with Crippen molar-refractivity contribution in [3.63, 3.8) is 0 Å². The fourth-order valence-electron chi connectivity index (χ4n) is 2.86. The number of aryl methyl sites for hydroxylation is 2. The average Bonchev–Trinajstić information content (AvgIpc) is 2.92. The van der Waals surface area contributed by atoms with E-state index in [1.54, 1.807) is 6.20 Å². The highest BCUT2D eigenvalue weighted by Gasteiger charge is 2.29. The molecule has 2 atom stereocenters. The fourth-order valence-corrected chi connectivity index (χ4v) is 3.70. The van der Waals surface area contributed by atoms with Gasteiger partial charge in [-0.2, -0.15) is 0 Å². The monoisotopic (exact) mass is 346 g/mol. The van der Waals surface area contributed by atoms with Crippen LogP contribution < -0.4 is 4.74 Å². The molecule has 128 valence electrons. The van der Waals surface area contributed by atoms with Crippen LogP contribution in [0.4, 0.5) is 0 Å². The molecule has 24 heavy (non-hydrogen) atoms. The van der Waals surface area contributed by atoms with Gasteiger partial charge in [0.1, 0.15) is 11.9 Å². The normalized spacial score (nSPS) is 21.4. The zero-order chi connectivity index (χ0) is 17.1. The van der Waals surface area contributed by atoms with Gasteiger partial charge in [-0.25, -0.2) is 0 Å². The minimum atomic E-state index is -0.590. The number of thiophene rings is 1. The molecule has 0 unspecified atom stereocenters. The zero-order valence-electron chi connectivity index (χ0n) is 13.9. The Morgan fingerprint density at radius 1 is 1.29 bits per heavy atom. The molecule has 0 bridgehead atoms. The molecule has 5 nitrogen and oxygen atoms in total. The number of aliphatic hydroxyl groups is 1. The van der Waals surface area contributed by atoms with Gasteiger partial charge in [0.2, 0.25) is 0 Å². The Kier molecular flexibility index (Phi) is 5.16. The highest BCUT2D eigenvalue weighted by atomic mass is 32.1. The van der Waals surface area contributed by atoms with E-state index in [2.05, 4.69) is 4.98 Å². The molecule has 3 rings (SSSR count). The molecule has 1 saturated heterocycles. The number of pyridine rings is 1. The maximum Gasteiger partial charge on any atom is 0.263 e. The predicted octanol–water partition coefficient (Wildman–Crippen LogP) is 2.80. The molecule has 1 aliphatic heterocycles. The molecule has 2 aromatic heterocycles. The van der Waals surface area contributed by atoms with Crippen molar-refractivity contribution >= 4 is 17.2 Å². The molecule has 2 aromatic rings. The second-order valence-electron chi connectivity index (χ2n) is 6.09. The zero-order valence-corrected chi connectivity index (χ0v) is 14.8. The summed E-state index contributed by atoms with van der Waals surface area (Å²) in [6.07, 6.45) is 1.92. The summed E-state index contributed by atoms with van der Waals surface area (Å²) < 4.78 is 5.97. The summed E-state index contributed by atoms with van der Waals surface area (Å²) in [4.78, 5) is 20.5. The standard InChI is InChI=1S/C18H22N2O3S/c1-12-5-6-17(24-12)18(22)20-10-7-14(21)16(8-11-20)23-15-4-3-9-19-13(15)2/h3-6,9,14,16,21H,7-8,10-11H2,1-2H3/t14-,16-/m0/s1. The number of hydrogen-bond acceptors (Lipinski definition) is 5. The van der Waals surface area contributed by atoms with Crippen LogP contribution in [0.1, 0.15) is 33.1 Å². The number of amides is 1. The molecule has 1 N–H and O–H groups in total. The number of aromatic nitrogens is 1. The summed E-state index contributed by atoms with van der Waals surface area (Å²) in [7, 11) is 0. The molecule has 1 fully saturated rings. The van der Waals surface area contributed by atoms with Crippen LogP contribution in [0.25, 0.3) is 0 Å². The second kappa shape index (κ2) is 7.32. The van der Waals surface area contributed by atoms with Crippen LogP contribution >= 0.6 is 11.3 Å². The van der Waals surface area contributed by atoms with Crippen molar-refractivity contribution in [1.82, 2.24) is 9.88 Å². The van der Waals surface area contributed by atoms with Crippen LogP contribution in [-0.4, -0.2) is 46.2 Å². The van der Waals surface area contributed by atoms with Crippen LogP contribution in [0.2, 0.25) is 0 Å². The van der Waals surface area contributed by atoms with E-state index < -0.39 is 6.10 Å². The van der Waals surface area contributed by atoms with Gasteiger partial charge in [-0.15, -0.1) is 11.3 Å². The molecule has 0 radical (unpaired) electrons. The molecule has 6 heteroatoms. The van der Waals surface area contributed by atoms with Gasteiger partial charge >= 0.3 is 0 Å². The van der Waals surface area contributed by atoms with Crippen LogP contribution in [0.3, 0.4) is 0 Å². The lowest BCUT2D eigenvalue weighted by atomic mass is 10.1. The predicted molar refractivity (Wildman–Crippen MR) is 93.6 cm³/mol. The first-order valence-corrected chi connectivity index (χ1v) is 8.98. The number of likely N-dealkylation sites (tertiary alicyclic amines) is 1. The summed E-state index contributed by atoms with van der Waals surface area (Å²) in [6, 6.07) is 7.51. The Labute approximate surface area is 145 Å². The number of carbonyl (C=O) groups is 1. The second-order valence-corrected chi connectivity index (χ2v) is 7.38. The van der Waals surface area contributed by atoms with Crippen LogP contribution in [0, 0.1) is 13.8 Å². The molecule has 0 aromatic carbocycles. The first-order valence-electron chi connectivity index (χ1n) is 8.16. The van der Waals surface area contributed by atoms with Crippen LogP contribution in [0.5, 0.6) is 5.75 Å². The Balaban J connectivity index is 1.67. The topological polar surface area (TPSA) is 62.7 Å². The maximum atomic E-state index is 12.6. The molecule has 0 aliphatic carbocycles. The first kappa shape index (κ1) is 16.9. The third-order valence-electron chi connectivity index (χ3n) is 4.28. The number of rotatable bonds is 3. The molecular formula is C18H22N2O3S. The molecule has 1 amide bonds. The number of ether oxygens (including phenoxy) is 1. The molecule has 0 saturated carbocycles. The van der Waals surface area contributed by atoms with Crippen molar-refractivity contribution in [1.29, 1.82) is 0 Å². The van der Waals surface area contributed by atoms with E-state index in [-0.39, 0.29) is 12.0 Å². The fraction of sp³-hybridized carbons (Fsp3) is 0.444. The Morgan fingerprint density at radius 3 is 2.79 bits per heavy atom. The van der Waals surface area contributed by atoms with E-state index >= 15 is 0 Å². The van der Waals surface area contributed by atoms with E-state index in [1.165, 1.54) is 11.3 Å². The minimum Gasteiger partial charge on any atom is -0.486 e. The summed E-state index contributed by atoms with van der Waals surface area (Å²) in [6.45, 7) is 5.00. The van der Waals surface area contributed by atoms with Gasteiger partial charge in [0, 0.05) is 30.6 Å². The summed E-state index contributed by atoms with van der Waals surface area (Å²) in [5.41, 5.74) is 0.802. The van der Waals surface area contributed by atoms with Gasteiger partial charge in [-0.1, -0.05) is 0 Å². The summed E-state index contributed by atoms with van der Waals surface area (Å²) in [5, 5.41) is 10.4. The quantitative estimate of drug-likeness (QED) is 0.928. The third kappa shape index (κ3) is 3.76. The van der Waals surface area contributed by atoms with Gasteiger partial charge in [0.25, 0.3) is 5.91 Å². The lowest BCUT2D eigenvalue weighted by Crippen LogP contribution is -2.32. The lowest BCUT2D eigenvalue weighted by Gasteiger charge is -2.22. The van der Waals surface area contributed by atoms with E-state index in [1.807, 2.05) is 43.0 Å². The van der Waals surface area contributed by atoms with Crippen molar-refractivity contribution in [2.45, 2.75) is 38.9 Å². The largest absolute Gasteiger partial charge is 0.486 e. The molecular weight excluding hydrogens is 324 g/mol. The van der Waals surface area contributed by atoms with Crippen molar-refractivity contribution in [3.8, 4) is 5.75 Å². The number of aliphatic hydroxyl groups excluding tert-OH is 1. The summed E-state index contributed by atoms with van der Waals surface area (Å²) >= 11 is 1.51. The molecule has 0 spiro atoms. The van der Waals surface area contributed by atoms with Crippen molar-refractivity contribution < 1.29 is 14.6 Å². The molecule has 1 aliphatic rings. The number of carbonyl (C=O) groups excluding carboxylic acids is 1. The van der Waals surface area contributed by atoms with E-state index in [0.29, 0.717) is 31.7 Å². The lowest BCUT2D eigenvalue weighted by molar-refractivity contribution is 0.0343. The van der Waals surface area contributed by atoms with E-state index in [9.17, 15) is 9.90 Å². The number of nitrogens with zero attached hydrogens (tertiary/aromatic N) is 2. The Bertz CT molecular complexity index is 716. The summed E-state index contributed by atoms with van der Waals surface area (Å²) in [5.74, 6) is 0.730. The van der Waals surface area contributed by atoms with Gasteiger partial charge in [0.05, 0.1) is 16.7 Å². The minimum absolute atomic E-state index is 0.0403. The van der Waals surface area contributed by atoms with E-state index in [4.69, 9.17) is 4.74 Å². The Hall–Kier alpha value is -1.92. The van der Waals surface area contributed by atoms with Gasteiger partial charge in [0.15, 0.2) is 0 Å². The highest BCUT2D eigenvalue weighted by molar-refractivity contribution is 7.13.